The van der Waals surface area contributed by atoms with Crippen molar-refractivity contribution >= 4 is 23.2 Å². The lowest BCUT2D eigenvalue weighted by molar-refractivity contribution is 0.0331. The number of ether oxygens (including phenoxy) is 1. The number of aliphatic hydroxyl groups excluding tert-OH is 1. The molecule has 100 valence electrons. The summed E-state index contributed by atoms with van der Waals surface area (Å²) in [7, 11) is 0. The monoisotopic (exact) mass is 282 g/mol. The van der Waals surface area contributed by atoms with Crippen molar-refractivity contribution in [2.24, 2.45) is 0 Å². The quantitative estimate of drug-likeness (QED) is 0.754. The summed E-state index contributed by atoms with van der Waals surface area (Å²) in [5, 5.41) is 9.59. The zero-order valence-corrected chi connectivity index (χ0v) is 11.5. The summed E-state index contributed by atoms with van der Waals surface area (Å²) < 4.78 is 5.29. The van der Waals surface area contributed by atoms with Crippen LogP contribution in [0.5, 0.6) is 0 Å². The molecule has 1 fully saturated rings. The van der Waals surface area contributed by atoms with Crippen LogP contribution in [0.15, 0.2) is 10.6 Å². The van der Waals surface area contributed by atoms with Gasteiger partial charge in [0.15, 0.2) is 0 Å². The van der Waals surface area contributed by atoms with Gasteiger partial charge in [0.2, 0.25) is 0 Å². The smallest absolute Gasteiger partial charge is 0.0594 e. The highest BCUT2D eigenvalue weighted by atomic mass is 35.5. The Labute approximate surface area is 113 Å². The molecule has 17 heavy (non-hydrogen) atoms. The first-order chi connectivity index (χ1) is 8.26. The van der Waals surface area contributed by atoms with Crippen LogP contribution in [-0.2, 0) is 4.74 Å². The molecule has 1 heterocycles. The first kappa shape index (κ1) is 15.2. The van der Waals surface area contributed by atoms with E-state index in [1.807, 2.05) is 0 Å². The van der Waals surface area contributed by atoms with Crippen molar-refractivity contribution in [3.63, 3.8) is 0 Å². The molecule has 0 amide bonds. The van der Waals surface area contributed by atoms with Crippen molar-refractivity contribution in [3.8, 4) is 0 Å². The largest absolute Gasteiger partial charge is 0.395 e. The molecule has 0 aromatic rings. The number of nitrogens with zero attached hydrogens (tertiary/aromatic N) is 2. The van der Waals surface area contributed by atoms with Crippen molar-refractivity contribution in [2.45, 2.75) is 0 Å². The van der Waals surface area contributed by atoms with Crippen molar-refractivity contribution in [1.29, 1.82) is 0 Å². The van der Waals surface area contributed by atoms with Crippen molar-refractivity contribution in [3.05, 3.63) is 10.6 Å². The first-order valence-electron chi connectivity index (χ1n) is 5.84. The standard InChI is InChI=1S/C11H20Cl2N2O2/c12-9-11(13)10-15(3-6-16)2-1-14-4-7-17-8-5-14/h9,16H,1-8,10H2. The molecular formula is C11H20Cl2N2O2. The highest BCUT2D eigenvalue weighted by Crippen LogP contribution is 2.06. The minimum Gasteiger partial charge on any atom is -0.395 e. The van der Waals surface area contributed by atoms with Crippen LogP contribution in [0.3, 0.4) is 0 Å². The normalized spacial score (nSPS) is 18.9. The third kappa shape index (κ3) is 6.60. The van der Waals surface area contributed by atoms with Gasteiger partial charge >= 0.3 is 0 Å². The van der Waals surface area contributed by atoms with E-state index >= 15 is 0 Å². The van der Waals surface area contributed by atoms with Gasteiger partial charge in [-0.05, 0) is 0 Å². The molecule has 0 bridgehead atoms. The number of rotatable bonds is 7. The number of hydrogen-bond donors (Lipinski definition) is 1. The third-order valence-corrected chi connectivity index (χ3v) is 3.35. The molecule has 0 aromatic heterocycles. The van der Waals surface area contributed by atoms with Gasteiger partial charge in [-0.2, -0.15) is 0 Å². The number of halogens is 2. The Morgan fingerprint density at radius 3 is 2.65 bits per heavy atom. The maximum atomic E-state index is 8.99. The van der Waals surface area contributed by atoms with E-state index in [0.717, 1.165) is 39.4 Å². The fourth-order valence-electron chi connectivity index (χ4n) is 1.77. The van der Waals surface area contributed by atoms with Gasteiger partial charge < -0.3 is 9.84 Å². The van der Waals surface area contributed by atoms with Gasteiger partial charge in [-0.15, -0.1) is 0 Å². The van der Waals surface area contributed by atoms with Gasteiger partial charge in [-0.1, -0.05) is 23.2 Å². The Morgan fingerprint density at radius 1 is 1.35 bits per heavy atom. The van der Waals surface area contributed by atoms with E-state index in [9.17, 15) is 0 Å². The predicted octanol–water partition coefficient (Wildman–Crippen LogP) is 0.932. The predicted molar refractivity (Wildman–Crippen MR) is 70.6 cm³/mol. The Kier molecular flexibility index (Phi) is 8.18. The second-order valence-electron chi connectivity index (χ2n) is 4.01. The average molecular weight is 283 g/mol. The van der Waals surface area contributed by atoms with E-state index in [4.69, 9.17) is 33.0 Å². The van der Waals surface area contributed by atoms with Gasteiger partial charge in [0.05, 0.1) is 19.8 Å². The van der Waals surface area contributed by atoms with Crippen LogP contribution in [0.2, 0.25) is 0 Å². The molecule has 0 radical (unpaired) electrons. The van der Waals surface area contributed by atoms with E-state index < -0.39 is 0 Å². The fraction of sp³-hybridized carbons (Fsp3) is 0.818. The maximum absolute atomic E-state index is 8.99. The lowest BCUT2D eigenvalue weighted by Crippen LogP contribution is -2.42. The molecule has 1 rings (SSSR count). The Balaban J connectivity index is 2.27. The lowest BCUT2D eigenvalue weighted by Gasteiger charge is -2.29. The molecule has 0 spiro atoms. The molecule has 0 aromatic carbocycles. The number of aliphatic hydroxyl groups is 1. The highest BCUT2D eigenvalue weighted by Gasteiger charge is 2.12. The van der Waals surface area contributed by atoms with Crippen LogP contribution in [0.4, 0.5) is 0 Å². The molecule has 0 saturated carbocycles. The van der Waals surface area contributed by atoms with E-state index in [2.05, 4.69) is 9.80 Å². The maximum Gasteiger partial charge on any atom is 0.0594 e. The van der Waals surface area contributed by atoms with Crippen LogP contribution in [0, 0.1) is 0 Å². The summed E-state index contributed by atoms with van der Waals surface area (Å²) in [4.78, 5) is 4.45. The zero-order valence-electron chi connectivity index (χ0n) is 9.95. The summed E-state index contributed by atoms with van der Waals surface area (Å²) >= 11 is 11.4. The third-order valence-electron chi connectivity index (χ3n) is 2.75. The van der Waals surface area contributed by atoms with Gasteiger partial charge in [-0.25, -0.2) is 0 Å². The minimum atomic E-state index is 0.134. The summed E-state index contributed by atoms with van der Waals surface area (Å²) in [5.41, 5.74) is 1.38. The van der Waals surface area contributed by atoms with Gasteiger partial charge in [0.1, 0.15) is 0 Å². The molecule has 1 saturated heterocycles. The first-order valence-corrected chi connectivity index (χ1v) is 6.65. The van der Waals surface area contributed by atoms with Crippen molar-refractivity contribution in [1.82, 2.24) is 9.80 Å². The zero-order chi connectivity index (χ0) is 12.5. The molecule has 1 N–H and O–H groups in total. The second kappa shape index (κ2) is 9.14. The minimum absolute atomic E-state index is 0.134. The van der Waals surface area contributed by atoms with Gasteiger partial charge in [0.25, 0.3) is 0 Å². The van der Waals surface area contributed by atoms with Gasteiger partial charge in [-0.3, -0.25) is 9.80 Å². The van der Waals surface area contributed by atoms with E-state index in [1.165, 1.54) is 5.54 Å². The van der Waals surface area contributed by atoms with Crippen molar-refractivity contribution in [2.75, 3.05) is 59.1 Å². The molecule has 0 unspecified atom stereocenters. The summed E-state index contributed by atoms with van der Waals surface area (Å²) in [5.74, 6) is 0. The summed E-state index contributed by atoms with van der Waals surface area (Å²) in [6, 6.07) is 0. The Hall–Kier alpha value is 0.160. The molecular weight excluding hydrogens is 263 g/mol. The van der Waals surface area contributed by atoms with Crippen molar-refractivity contribution < 1.29 is 9.84 Å². The van der Waals surface area contributed by atoms with Gasteiger partial charge in [0, 0.05) is 49.8 Å². The molecule has 0 atom stereocenters. The second-order valence-corrected chi connectivity index (χ2v) is 4.71. The SMILES string of the molecule is OCCN(CCN1CCOCC1)CC(Cl)=CCl. The summed E-state index contributed by atoms with van der Waals surface area (Å²) in [6.45, 7) is 6.76. The molecule has 4 nitrogen and oxygen atoms in total. The molecule has 1 aliphatic rings. The van der Waals surface area contributed by atoms with E-state index in [-0.39, 0.29) is 6.61 Å². The highest BCUT2D eigenvalue weighted by molar-refractivity contribution is 6.36. The van der Waals surface area contributed by atoms with E-state index in [0.29, 0.717) is 18.1 Å². The molecule has 1 aliphatic heterocycles. The van der Waals surface area contributed by atoms with Crippen LogP contribution >= 0.6 is 23.2 Å². The number of morpholine rings is 1. The Bertz CT molecular complexity index is 234. The van der Waals surface area contributed by atoms with Crippen LogP contribution in [-0.4, -0.2) is 74.0 Å². The number of hydrogen-bond acceptors (Lipinski definition) is 4. The van der Waals surface area contributed by atoms with E-state index in [1.54, 1.807) is 0 Å². The molecule has 6 heteroatoms. The Morgan fingerprint density at radius 2 is 2.06 bits per heavy atom. The van der Waals surface area contributed by atoms with Crippen LogP contribution < -0.4 is 0 Å². The van der Waals surface area contributed by atoms with Crippen LogP contribution in [0.1, 0.15) is 0 Å². The van der Waals surface area contributed by atoms with Crippen LogP contribution in [0.25, 0.3) is 0 Å². The lowest BCUT2D eigenvalue weighted by atomic mass is 10.3. The average Bonchev–Trinajstić information content (AvgIpc) is 2.37. The molecule has 0 aliphatic carbocycles. The summed E-state index contributed by atoms with van der Waals surface area (Å²) in [6.07, 6.45) is 0. The fourth-order valence-corrected chi connectivity index (χ4v) is 2.01. The topological polar surface area (TPSA) is 35.9 Å².